The van der Waals surface area contributed by atoms with Crippen molar-refractivity contribution >= 4 is 23.7 Å². The number of hydrogen-bond acceptors (Lipinski definition) is 50. The van der Waals surface area contributed by atoms with Gasteiger partial charge in [-0.2, -0.15) is 0 Å². The Bertz CT molecular complexity index is 3140. The van der Waals surface area contributed by atoms with Crippen molar-refractivity contribution in [2.75, 3.05) is 66.1 Å². The van der Waals surface area contributed by atoms with Gasteiger partial charge in [0.25, 0.3) is 5.79 Å². The van der Waals surface area contributed by atoms with E-state index in [9.17, 15) is 177 Å². The number of ether oxygens (including phenoxy) is 16. The van der Waals surface area contributed by atoms with Crippen LogP contribution in [-0.2, 0) is 95.0 Å². The molecule has 0 aromatic rings. The minimum atomic E-state index is -3.40. The SMILES string of the molecule is CC(=O)N[C@H]1[C@H](OC[C@@H](O)[C@@H](O)[C@H](O)[C@H](CO)NC(C)=O)O[C@H](CO[C@]2(C(=O)O)C[C@@H](O)[C@@H](O[C@H]3O[C@H]([C@H](CO)O[C@H]4O[C@H](CO)[C@@H](O)[C@H](O)[C@H]4O)[C@@H](O[C@@H]4O[C@H](CO)[C@@H](O)[C@H](O)[C@H]4O)[C@H](O[C@H]4O[C@H]([C@@H](O)CO)[C@@H](O)[C@H](O)[C@@H]4O[C@H]4O[C@H]([C@@H](O)CO[C@H]5O[C@H](CO)[C@@H](O)[C@H](O)[C@H]5NC(C)=O)[C@@H](O)[C@H](O)[C@@H]4O)[C@@H]3O)[C@@H]([C@H](O)CO)O2)[C@@H](O)[C@@H]1O. The maximum absolute atomic E-state index is 13.6. The van der Waals surface area contributed by atoms with Crippen LogP contribution in [0.1, 0.15) is 27.2 Å². The van der Waals surface area contributed by atoms with Crippen LogP contribution in [0.5, 0.6) is 0 Å². The Hall–Kier alpha value is -3.96. The van der Waals surface area contributed by atoms with Crippen LogP contribution in [0.2, 0.25) is 0 Å². The van der Waals surface area contributed by atoms with Gasteiger partial charge in [-0.05, 0) is 0 Å². The third-order valence-corrected chi connectivity index (χ3v) is 21.2. The predicted octanol–water partition coefficient (Wildman–Crippen LogP) is -22.6. The van der Waals surface area contributed by atoms with Crippen molar-refractivity contribution in [2.24, 2.45) is 0 Å². The quantitative estimate of drug-likeness (QED) is 0.0275. The van der Waals surface area contributed by atoms with Crippen LogP contribution in [0.3, 0.4) is 0 Å². The van der Waals surface area contributed by atoms with Gasteiger partial charge in [0.15, 0.2) is 44.0 Å². The van der Waals surface area contributed by atoms with Gasteiger partial charge >= 0.3 is 5.97 Å². The molecule has 8 heterocycles. The number of aliphatic hydroxyl groups excluding tert-OH is 30. The second-order valence-corrected chi connectivity index (χ2v) is 29.7. The summed E-state index contributed by atoms with van der Waals surface area (Å²) in [5.41, 5.74) is 0. The molecule has 8 aliphatic rings. The number of aliphatic hydroxyl groups is 30. The number of carboxylic acid groups (broad SMARTS) is 1. The van der Waals surface area contributed by atoms with Crippen LogP contribution in [0.15, 0.2) is 0 Å². The van der Waals surface area contributed by atoms with Gasteiger partial charge in [-0.15, -0.1) is 0 Å². The van der Waals surface area contributed by atoms with Gasteiger partial charge in [-0.1, -0.05) is 0 Å². The molecule has 8 aliphatic heterocycles. The largest absolute Gasteiger partial charge is 0.477 e. The van der Waals surface area contributed by atoms with E-state index in [0.717, 1.165) is 20.8 Å². The zero-order valence-electron chi connectivity index (χ0n) is 63.4. The molecular formula is C65H111N3O51. The highest BCUT2D eigenvalue weighted by atomic mass is 16.8. The van der Waals surface area contributed by atoms with E-state index in [4.69, 9.17) is 75.8 Å². The summed E-state index contributed by atoms with van der Waals surface area (Å²) in [6.07, 6.45) is -103. The minimum absolute atomic E-state index is 0.779. The predicted molar refractivity (Wildman–Crippen MR) is 363 cm³/mol. The molecule has 0 aliphatic carbocycles. The Balaban J connectivity index is 1.18. The van der Waals surface area contributed by atoms with Crippen LogP contribution < -0.4 is 16.0 Å². The van der Waals surface area contributed by atoms with Gasteiger partial charge in [0.2, 0.25) is 17.7 Å². The van der Waals surface area contributed by atoms with Gasteiger partial charge in [-0.3, -0.25) is 14.4 Å². The summed E-state index contributed by atoms with van der Waals surface area (Å²) >= 11 is 0. The van der Waals surface area contributed by atoms with Gasteiger partial charge in [0, 0.05) is 27.2 Å². The number of amides is 3. The van der Waals surface area contributed by atoms with Crippen molar-refractivity contribution in [3.05, 3.63) is 0 Å². The molecule has 692 valence electrons. The first-order valence-corrected chi connectivity index (χ1v) is 37.4. The van der Waals surface area contributed by atoms with Crippen molar-refractivity contribution in [2.45, 2.75) is 315 Å². The summed E-state index contributed by atoms with van der Waals surface area (Å²) in [5.74, 6) is -8.14. The number of carbonyl (C=O) groups excluding carboxylic acids is 3. The summed E-state index contributed by atoms with van der Waals surface area (Å²) in [6, 6.07) is -5.01. The number of aliphatic carboxylic acids is 1. The molecule has 34 N–H and O–H groups in total. The Morgan fingerprint density at radius 3 is 1.32 bits per heavy atom. The Morgan fingerprint density at radius 2 is 0.807 bits per heavy atom. The summed E-state index contributed by atoms with van der Waals surface area (Å²) in [7, 11) is 0. The lowest BCUT2D eigenvalue weighted by molar-refractivity contribution is -0.419. The van der Waals surface area contributed by atoms with E-state index < -0.39 is 384 Å². The lowest BCUT2D eigenvalue weighted by atomic mass is 9.90. The molecule has 0 unspecified atom stereocenters. The number of carboxylic acids is 1. The van der Waals surface area contributed by atoms with Gasteiger partial charge in [0.05, 0.1) is 78.2 Å². The van der Waals surface area contributed by atoms with E-state index >= 15 is 0 Å². The van der Waals surface area contributed by atoms with Gasteiger partial charge in [0.1, 0.15) is 226 Å². The van der Waals surface area contributed by atoms with Crippen molar-refractivity contribution < 1.29 is 253 Å². The molecule has 0 spiro atoms. The molecule has 54 nitrogen and oxygen atoms in total. The van der Waals surface area contributed by atoms with Crippen LogP contribution in [0, 0.1) is 0 Å². The number of carbonyl (C=O) groups is 4. The summed E-state index contributed by atoms with van der Waals surface area (Å²) < 4.78 is 93.7. The third-order valence-electron chi connectivity index (χ3n) is 21.2. The number of hydrogen-bond donors (Lipinski definition) is 34. The maximum Gasteiger partial charge on any atom is 0.364 e. The third kappa shape index (κ3) is 22.9. The zero-order valence-corrected chi connectivity index (χ0v) is 63.4. The molecule has 8 saturated heterocycles. The first-order valence-electron chi connectivity index (χ1n) is 37.4. The zero-order chi connectivity index (χ0) is 88.6. The van der Waals surface area contributed by atoms with Crippen LogP contribution in [-0.4, -0.2) is 536 Å². The van der Waals surface area contributed by atoms with E-state index in [2.05, 4.69) is 16.0 Å². The molecule has 47 atom stereocenters. The lowest BCUT2D eigenvalue weighted by Gasteiger charge is -2.53. The van der Waals surface area contributed by atoms with E-state index in [0.29, 0.717) is 0 Å². The van der Waals surface area contributed by atoms with Crippen molar-refractivity contribution in [1.82, 2.24) is 16.0 Å². The van der Waals surface area contributed by atoms with Crippen molar-refractivity contribution in [3.63, 3.8) is 0 Å². The topological polar surface area (TPSA) is 879 Å². The first-order chi connectivity index (χ1) is 56.0. The number of rotatable bonds is 37. The Labute approximate surface area is 672 Å². The van der Waals surface area contributed by atoms with E-state index in [1.54, 1.807) is 0 Å². The molecule has 0 radical (unpaired) electrons. The number of nitrogens with one attached hydrogen (secondary N) is 3. The molecule has 3 amide bonds. The molecule has 119 heavy (non-hydrogen) atoms. The van der Waals surface area contributed by atoms with Crippen LogP contribution >= 0.6 is 0 Å². The average molecular weight is 1750 g/mol. The summed E-state index contributed by atoms with van der Waals surface area (Å²) in [6.45, 7) is -9.30. The molecule has 0 bridgehead atoms. The summed E-state index contributed by atoms with van der Waals surface area (Å²) in [4.78, 5) is 49.9. The Kier molecular flexibility index (Phi) is 37.1. The molecule has 8 rings (SSSR count). The highest BCUT2D eigenvalue weighted by molar-refractivity contribution is 5.76. The smallest absolute Gasteiger partial charge is 0.364 e. The molecular weight excluding hydrogens is 1640 g/mol. The highest BCUT2D eigenvalue weighted by Crippen LogP contribution is 2.43. The average Bonchev–Trinajstić information content (AvgIpc) is 0.749. The normalized spacial score (nSPS) is 45.1. The molecule has 0 aromatic carbocycles. The first kappa shape index (κ1) is 100. The fourth-order valence-corrected chi connectivity index (χ4v) is 14.6. The van der Waals surface area contributed by atoms with Crippen LogP contribution in [0.25, 0.3) is 0 Å². The van der Waals surface area contributed by atoms with Crippen LogP contribution in [0.4, 0.5) is 0 Å². The van der Waals surface area contributed by atoms with Gasteiger partial charge < -0.3 is 250 Å². The van der Waals surface area contributed by atoms with E-state index in [1.165, 1.54) is 0 Å². The van der Waals surface area contributed by atoms with E-state index in [-0.39, 0.29) is 0 Å². The molecule has 8 fully saturated rings. The fourth-order valence-electron chi connectivity index (χ4n) is 14.6. The Morgan fingerprint density at radius 1 is 0.387 bits per heavy atom. The monoisotopic (exact) mass is 1750 g/mol. The summed E-state index contributed by atoms with van der Waals surface area (Å²) in [5, 5.41) is 351. The van der Waals surface area contributed by atoms with Crippen molar-refractivity contribution in [1.29, 1.82) is 0 Å². The molecule has 54 heteroatoms. The standard InChI is InChI=1S/C65H111N3O51/c1-15(76)66-18(5-69)31(84)32(85)22(82)12-104-58-30(68-17(3)78)38(91)36(89)28(111-58)14-106-65(64(102)103)4-19(79)51(52(119-65)21(81)7-71)114-62-48(101)54(56(118-60-46(99)40(93)35(88)26(10-74)109-60)53(115-62)27(11-75)110-59-45(98)39(92)34(87)25(9-73)108-59)116-63-55(44(97)43(96)49(113-63)20(80)6-70)117-61-47(100)41(94)42(95)50(112-61)23(83)13-105-57-29(67-16(2)77)37(90)33(86)24(8-72)107-57/h18-63,69-75,79-101H,4-14H2,1-3H3,(H,66,76)(H,67,77)(H,68,78)(H,102,103)/t18-,19+,20-,21+,22+,23-,24+,25+,26+,27-,28+,29+,30+,31+,32+,33+,34+,35+,36+,37+,38+,39-,40-,41-,42-,43-,44-,45+,46+,47-,48-,49+,50+,51+,52+,53+,54+,55-,56+,57-,58+,59+,60-,61+,62-,63+,65+/m0/s1. The fraction of sp³-hybridized carbons (Fsp3) is 0.938. The van der Waals surface area contributed by atoms with Crippen molar-refractivity contribution in [3.8, 4) is 0 Å². The molecule has 0 saturated carbocycles. The lowest BCUT2D eigenvalue weighted by Crippen LogP contribution is -2.71. The highest BCUT2D eigenvalue weighted by Gasteiger charge is 2.63. The van der Waals surface area contributed by atoms with E-state index in [1.807, 2.05) is 0 Å². The molecule has 0 aromatic heterocycles. The minimum Gasteiger partial charge on any atom is -0.477 e. The second kappa shape index (κ2) is 44.0. The maximum atomic E-state index is 13.6. The second-order valence-electron chi connectivity index (χ2n) is 29.7. The van der Waals surface area contributed by atoms with Gasteiger partial charge in [-0.25, -0.2) is 4.79 Å².